The zero-order valence-corrected chi connectivity index (χ0v) is 16.3. The van der Waals surface area contributed by atoms with E-state index in [2.05, 4.69) is 6.58 Å². The van der Waals surface area contributed by atoms with Crippen molar-refractivity contribution in [2.45, 2.75) is 83.6 Å². The van der Waals surface area contributed by atoms with Gasteiger partial charge in [-0.05, 0) is 47.5 Å². The Bertz CT molecular complexity index is 526. The topological polar surface area (TPSA) is 80.3 Å². The van der Waals surface area contributed by atoms with Gasteiger partial charge in [-0.2, -0.15) is 0 Å². The van der Waals surface area contributed by atoms with Gasteiger partial charge in [-0.15, -0.1) is 0 Å². The van der Waals surface area contributed by atoms with Crippen LogP contribution in [0.5, 0.6) is 0 Å². The largest absolute Gasteiger partial charge is 0.462 e. The molecule has 2 saturated heterocycles. The lowest BCUT2D eigenvalue weighted by Crippen LogP contribution is -2.44. The molecule has 0 aromatic carbocycles. The quantitative estimate of drug-likeness (QED) is 0.503. The van der Waals surface area contributed by atoms with Gasteiger partial charge in [-0.3, -0.25) is 4.79 Å². The van der Waals surface area contributed by atoms with Crippen molar-refractivity contribution < 1.29 is 33.3 Å². The van der Waals surface area contributed by atoms with Crippen LogP contribution in [0.15, 0.2) is 12.2 Å². The Morgan fingerprint density at radius 2 is 1.88 bits per heavy atom. The first-order chi connectivity index (χ1) is 12.0. The van der Waals surface area contributed by atoms with Gasteiger partial charge in [0.2, 0.25) is 0 Å². The first kappa shape index (κ1) is 20.9. The molecule has 0 bridgehead atoms. The maximum Gasteiger partial charge on any atom is 0.333 e. The summed E-state index contributed by atoms with van der Waals surface area (Å²) in [5.74, 6) is -1.71. The fraction of sp³-hybridized carbons (Fsp3) is 0.789. The molecule has 0 aliphatic carbocycles. The van der Waals surface area contributed by atoms with E-state index in [1.54, 1.807) is 6.92 Å². The molecule has 2 heterocycles. The second-order valence-corrected chi connectivity index (χ2v) is 7.94. The fourth-order valence-electron chi connectivity index (χ4n) is 3.08. The molecular weight excluding hydrogens is 340 g/mol. The summed E-state index contributed by atoms with van der Waals surface area (Å²) >= 11 is 0. The van der Waals surface area contributed by atoms with Crippen molar-refractivity contribution in [2.75, 3.05) is 13.2 Å². The van der Waals surface area contributed by atoms with Crippen molar-refractivity contribution in [1.82, 2.24) is 0 Å². The third-order valence-electron chi connectivity index (χ3n) is 4.42. The summed E-state index contributed by atoms with van der Waals surface area (Å²) in [5, 5.41) is 0. The lowest BCUT2D eigenvalue weighted by Gasteiger charge is -2.30. The van der Waals surface area contributed by atoms with E-state index in [-0.39, 0.29) is 30.3 Å². The third-order valence-corrected chi connectivity index (χ3v) is 4.42. The van der Waals surface area contributed by atoms with Crippen LogP contribution in [0.25, 0.3) is 0 Å². The maximum absolute atomic E-state index is 12.3. The van der Waals surface area contributed by atoms with Gasteiger partial charge in [0.15, 0.2) is 11.9 Å². The van der Waals surface area contributed by atoms with Gasteiger partial charge in [-0.25, -0.2) is 4.79 Å². The van der Waals surface area contributed by atoms with Gasteiger partial charge >= 0.3 is 11.9 Å². The van der Waals surface area contributed by atoms with Crippen LogP contribution < -0.4 is 0 Å². The van der Waals surface area contributed by atoms with Crippen molar-refractivity contribution >= 4 is 11.9 Å². The summed E-state index contributed by atoms with van der Waals surface area (Å²) in [6.45, 7) is 13.0. The molecule has 3 unspecified atom stereocenters. The van der Waals surface area contributed by atoms with E-state index < -0.39 is 29.9 Å². The summed E-state index contributed by atoms with van der Waals surface area (Å²) in [6.07, 6.45) is 0.389. The Morgan fingerprint density at radius 3 is 2.38 bits per heavy atom. The van der Waals surface area contributed by atoms with E-state index in [4.69, 9.17) is 23.7 Å². The Hall–Kier alpha value is -1.44. The fourth-order valence-corrected chi connectivity index (χ4v) is 3.08. The highest BCUT2D eigenvalue weighted by Gasteiger charge is 2.46. The molecule has 0 spiro atoms. The highest BCUT2D eigenvalue weighted by molar-refractivity contribution is 5.87. The second-order valence-electron chi connectivity index (χ2n) is 7.94. The number of carbonyl (C=O) groups excluding carboxylic acids is 2. The van der Waals surface area contributed by atoms with Crippen molar-refractivity contribution in [2.24, 2.45) is 0 Å². The van der Waals surface area contributed by atoms with Gasteiger partial charge < -0.3 is 23.7 Å². The second kappa shape index (κ2) is 8.06. The molecule has 7 nitrogen and oxygen atoms in total. The highest BCUT2D eigenvalue weighted by atomic mass is 16.8. The van der Waals surface area contributed by atoms with Crippen molar-refractivity contribution in [1.29, 1.82) is 0 Å². The van der Waals surface area contributed by atoms with Crippen LogP contribution in [0.2, 0.25) is 0 Å². The predicted molar refractivity (Wildman–Crippen MR) is 93.4 cm³/mol. The van der Waals surface area contributed by atoms with Crippen LogP contribution in [0, 0.1) is 0 Å². The molecule has 0 aromatic heterocycles. The minimum atomic E-state index is -0.722. The monoisotopic (exact) mass is 370 g/mol. The van der Waals surface area contributed by atoms with Gasteiger partial charge in [0.1, 0.15) is 12.7 Å². The molecule has 0 N–H and O–H groups in total. The van der Waals surface area contributed by atoms with Crippen LogP contribution in [-0.4, -0.2) is 54.9 Å². The van der Waals surface area contributed by atoms with Crippen LogP contribution in [-0.2, 0) is 33.3 Å². The molecule has 26 heavy (non-hydrogen) atoms. The van der Waals surface area contributed by atoms with E-state index >= 15 is 0 Å². The lowest BCUT2D eigenvalue weighted by atomic mass is 10.0. The third kappa shape index (κ3) is 5.79. The molecule has 0 amide bonds. The number of esters is 2. The Morgan fingerprint density at radius 1 is 1.19 bits per heavy atom. The summed E-state index contributed by atoms with van der Waals surface area (Å²) in [6, 6.07) is 0. The molecule has 2 fully saturated rings. The highest BCUT2D eigenvalue weighted by Crippen LogP contribution is 2.36. The van der Waals surface area contributed by atoms with Crippen molar-refractivity contribution in [3.05, 3.63) is 12.2 Å². The summed E-state index contributed by atoms with van der Waals surface area (Å²) in [5.41, 5.74) is 0.0259. The summed E-state index contributed by atoms with van der Waals surface area (Å²) < 4.78 is 28.2. The van der Waals surface area contributed by atoms with Crippen molar-refractivity contribution in [3.63, 3.8) is 0 Å². The minimum Gasteiger partial charge on any atom is -0.462 e. The number of hydrogen-bond acceptors (Lipinski definition) is 7. The predicted octanol–water partition coefficient (Wildman–Crippen LogP) is 2.52. The molecule has 2 aliphatic rings. The van der Waals surface area contributed by atoms with Gasteiger partial charge in [0, 0.05) is 5.57 Å². The van der Waals surface area contributed by atoms with Crippen LogP contribution in [0.3, 0.4) is 0 Å². The van der Waals surface area contributed by atoms with Gasteiger partial charge in [0.25, 0.3) is 0 Å². The average molecular weight is 370 g/mol. The van der Waals surface area contributed by atoms with E-state index in [9.17, 15) is 9.59 Å². The van der Waals surface area contributed by atoms with Gasteiger partial charge in [0.05, 0.1) is 24.7 Å². The molecule has 0 aromatic rings. The zero-order chi connectivity index (χ0) is 19.5. The molecule has 2 rings (SSSR count). The summed E-state index contributed by atoms with van der Waals surface area (Å²) in [4.78, 5) is 23.6. The van der Waals surface area contributed by atoms with E-state index in [0.29, 0.717) is 6.61 Å². The number of hydrogen-bond donors (Lipinski definition) is 0. The van der Waals surface area contributed by atoms with Crippen molar-refractivity contribution in [3.8, 4) is 0 Å². The SMILES string of the molecule is C=C(C)C(=O)OCCC(=O)OC(C1CCC(C)(C)O1)C1COC(C)(C)O1. The Labute approximate surface area is 154 Å². The molecule has 7 heteroatoms. The molecule has 148 valence electrons. The van der Waals surface area contributed by atoms with E-state index in [1.807, 2.05) is 27.7 Å². The molecule has 0 saturated carbocycles. The first-order valence-electron chi connectivity index (χ1n) is 9.01. The standard InChI is InChI=1S/C19H30O7/c1-12(2)17(21)22-10-8-15(20)24-16(13-7-9-18(3,4)25-13)14-11-23-19(5,6)26-14/h13-14,16H,1,7-11H2,2-6H3. The Balaban J connectivity index is 1.95. The molecular formula is C19H30O7. The number of ether oxygens (including phenoxy) is 5. The molecule has 0 radical (unpaired) electrons. The number of carbonyl (C=O) groups is 2. The van der Waals surface area contributed by atoms with Crippen LogP contribution in [0.1, 0.15) is 53.9 Å². The molecule has 2 aliphatic heterocycles. The first-order valence-corrected chi connectivity index (χ1v) is 9.01. The van der Waals surface area contributed by atoms with Crippen LogP contribution >= 0.6 is 0 Å². The zero-order valence-electron chi connectivity index (χ0n) is 16.3. The minimum absolute atomic E-state index is 0.0391. The average Bonchev–Trinajstić information content (AvgIpc) is 3.06. The van der Waals surface area contributed by atoms with E-state index in [0.717, 1.165) is 12.8 Å². The smallest absolute Gasteiger partial charge is 0.333 e. The van der Waals surface area contributed by atoms with E-state index in [1.165, 1.54) is 0 Å². The number of rotatable bonds is 7. The Kier molecular flexibility index (Phi) is 6.47. The van der Waals surface area contributed by atoms with Gasteiger partial charge in [-0.1, -0.05) is 6.58 Å². The summed E-state index contributed by atoms with van der Waals surface area (Å²) in [7, 11) is 0. The normalized spacial score (nSPS) is 27.7. The lowest BCUT2D eigenvalue weighted by molar-refractivity contribution is -0.189. The maximum atomic E-state index is 12.3. The van der Waals surface area contributed by atoms with Crippen LogP contribution in [0.4, 0.5) is 0 Å². The molecule has 3 atom stereocenters.